The lowest BCUT2D eigenvalue weighted by atomic mass is 9.80. The molecule has 81 heavy (non-hydrogen) atoms. The zero-order valence-electron chi connectivity index (χ0n) is 49.0. The van der Waals surface area contributed by atoms with Crippen LogP contribution in [0.25, 0.3) is 93.2 Å². The molecule has 0 atom stereocenters. The van der Waals surface area contributed by atoms with Crippen molar-refractivity contribution in [2.45, 2.75) is 111 Å². The minimum absolute atomic E-state index is 0.0288. The highest BCUT2D eigenvalue weighted by Gasteiger charge is 2.29. The van der Waals surface area contributed by atoms with E-state index in [4.69, 9.17) is 9.72 Å². The van der Waals surface area contributed by atoms with Crippen LogP contribution in [-0.4, -0.2) is 14.1 Å². The van der Waals surface area contributed by atoms with Gasteiger partial charge in [0.1, 0.15) is 24.0 Å². The third-order valence-corrected chi connectivity index (χ3v) is 16.9. The van der Waals surface area contributed by atoms with Gasteiger partial charge in [0.2, 0.25) is 0 Å². The molecule has 0 radical (unpaired) electrons. The molecule has 0 aliphatic carbocycles. The second-order valence-electron chi connectivity index (χ2n) is 26.6. The first kappa shape index (κ1) is 51.7. The van der Waals surface area contributed by atoms with Crippen LogP contribution in [0.15, 0.2) is 206 Å². The molecule has 0 fully saturated rings. The summed E-state index contributed by atoms with van der Waals surface area (Å²) in [7, 11) is 0. The molecule has 4 heterocycles. The van der Waals surface area contributed by atoms with Gasteiger partial charge in [-0.05, 0) is 149 Å². The zero-order valence-corrected chi connectivity index (χ0v) is 49.0. The number of para-hydroxylation sites is 2. The first-order chi connectivity index (χ1) is 38.7. The van der Waals surface area contributed by atoms with Crippen LogP contribution in [0.1, 0.15) is 105 Å². The maximum absolute atomic E-state index is 6.98. The van der Waals surface area contributed by atoms with Crippen LogP contribution in [0.4, 0.5) is 11.4 Å². The number of pyridine rings is 1. The number of hydrogen-bond acceptors (Lipinski definition) is 3. The lowest BCUT2D eigenvalue weighted by molar-refractivity contribution is 0.483. The third-order valence-electron chi connectivity index (χ3n) is 16.9. The Balaban J connectivity index is 1.03. The summed E-state index contributed by atoms with van der Waals surface area (Å²) in [4.78, 5) is 7.43. The molecule has 0 saturated carbocycles. The van der Waals surface area contributed by atoms with Gasteiger partial charge in [0, 0.05) is 51.1 Å². The summed E-state index contributed by atoms with van der Waals surface area (Å²) in [5, 5.41) is 9.61. The van der Waals surface area contributed by atoms with Gasteiger partial charge < -0.3 is 14.2 Å². The number of fused-ring (bicyclic) bond motifs is 10. The van der Waals surface area contributed by atoms with Gasteiger partial charge in [-0.1, -0.05) is 204 Å². The van der Waals surface area contributed by atoms with Gasteiger partial charge in [-0.15, -0.1) is 0 Å². The summed E-state index contributed by atoms with van der Waals surface area (Å²) in [6, 6.07) is 74.6. The standard InChI is InChI=1S/C76H72N4O/c1-73(2,3)51-33-31-48(32-34-51)49-39-50(41-53(40-49)75(7,8)9)65-42-54(76(10,11)12)43-66-61-26-16-14-24-59(61)58-23-13-15-25-60(58)64-28-20-30-68-72(64)79(71(65)66)47-78(68)55-21-19-22-56(45-55)81-57-35-36-63-62-27-17-18-29-67(62)80(69(63)46-57)70-44-52(37-38-77-70)74(4,5)6/h13-46H,47H2,1-12H3. The fourth-order valence-corrected chi connectivity index (χ4v) is 12.3. The minimum atomic E-state index is -0.155. The normalized spacial score (nSPS) is 13.1. The van der Waals surface area contributed by atoms with Gasteiger partial charge in [-0.2, -0.15) is 0 Å². The van der Waals surface area contributed by atoms with E-state index >= 15 is 0 Å². The quantitative estimate of drug-likeness (QED) is 0.166. The van der Waals surface area contributed by atoms with Crippen LogP contribution in [-0.2, 0) is 28.3 Å². The van der Waals surface area contributed by atoms with E-state index < -0.39 is 0 Å². The van der Waals surface area contributed by atoms with Crippen molar-refractivity contribution in [1.29, 1.82) is 0 Å². The fraction of sp³-hybridized carbons (Fsp3) is 0.224. The number of hydrogen-bond donors (Lipinski definition) is 0. The number of rotatable bonds is 6. The second kappa shape index (κ2) is 19.0. The third kappa shape index (κ3) is 9.17. The van der Waals surface area contributed by atoms with Crippen molar-refractivity contribution in [2.75, 3.05) is 4.90 Å². The van der Waals surface area contributed by atoms with E-state index in [0.717, 1.165) is 45.1 Å². The van der Waals surface area contributed by atoms with Gasteiger partial charge in [0.05, 0.1) is 27.8 Å². The number of anilines is 2. The molecular formula is C76H72N4O. The molecule has 0 unspecified atom stereocenters. The molecule has 9 aromatic carbocycles. The first-order valence-corrected chi connectivity index (χ1v) is 28.8. The average molecular weight is 1060 g/mol. The lowest BCUT2D eigenvalue weighted by Gasteiger charge is -2.25. The van der Waals surface area contributed by atoms with Crippen molar-refractivity contribution in [2.24, 2.45) is 0 Å². The van der Waals surface area contributed by atoms with Crippen molar-refractivity contribution in [3.63, 3.8) is 0 Å². The van der Waals surface area contributed by atoms with Gasteiger partial charge in [-0.3, -0.25) is 4.57 Å². The Morgan fingerprint density at radius 1 is 0.370 bits per heavy atom. The predicted octanol–water partition coefficient (Wildman–Crippen LogP) is 21.1. The largest absolute Gasteiger partial charge is 0.457 e. The van der Waals surface area contributed by atoms with E-state index in [2.05, 4.69) is 297 Å². The Morgan fingerprint density at radius 2 is 0.938 bits per heavy atom. The number of ether oxygens (including phenoxy) is 1. The summed E-state index contributed by atoms with van der Waals surface area (Å²) >= 11 is 0. The SMILES string of the molecule is CC(C)(C)c1ccc(-c2cc(-c3cc(C(C)(C)C)cc4c5ccccc5c5ccccc5c5cccc6c5n(c34)CN6c3cccc(Oc4ccc5c6ccccc6n(-c6cc(C(C)(C)C)ccn6)c5c4)c3)cc(C(C)(C)C)c2)cc1. The monoisotopic (exact) mass is 1060 g/mol. The predicted molar refractivity (Wildman–Crippen MR) is 345 cm³/mol. The summed E-state index contributed by atoms with van der Waals surface area (Å²) in [5.74, 6) is 2.41. The molecule has 5 heteroatoms. The van der Waals surface area contributed by atoms with Gasteiger partial charge in [0.25, 0.3) is 0 Å². The summed E-state index contributed by atoms with van der Waals surface area (Å²) < 4.78 is 11.9. The molecule has 1 aliphatic heterocycles. The Hall–Kier alpha value is -8.67. The molecular weight excluding hydrogens is 985 g/mol. The van der Waals surface area contributed by atoms with Crippen LogP contribution in [0.2, 0.25) is 0 Å². The Bertz CT molecular complexity index is 4560. The highest BCUT2D eigenvalue weighted by Crippen LogP contribution is 2.47. The van der Waals surface area contributed by atoms with Gasteiger partial charge >= 0.3 is 0 Å². The number of nitrogens with zero attached hydrogens (tertiary/aromatic N) is 4. The molecule has 1 aliphatic rings. The van der Waals surface area contributed by atoms with Gasteiger partial charge in [-0.25, -0.2) is 4.98 Å². The van der Waals surface area contributed by atoms with Crippen molar-refractivity contribution < 1.29 is 4.74 Å². The van der Waals surface area contributed by atoms with E-state index in [9.17, 15) is 0 Å². The molecule has 3 aromatic heterocycles. The van der Waals surface area contributed by atoms with Crippen LogP contribution >= 0.6 is 0 Å². The molecule has 13 rings (SSSR count). The summed E-state index contributed by atoms with van der Waals surface area (Å²) in [5.41, 5.74) is 16.5. The molecule has 0 bridgehead atoms. The van der Waals surface area contributed by atoms with Crippen LogP contribution < -0.4 is 9.64 Å². The summed E-state index contributed by atoms with van der Waals surface area (Å²) in [6.07, 6.45) is 1.93. The second-order valence-corrected chi connectivity index (χ2v) is 26.6. The highest BCUT2D eigenvalue weighted by molar-refractivity contribution is 6.22. The maximum Gasteiger partial charge on any atom is 0.137 e. The number of aromatic nitrogens is 3. The van der Waals surface area contributed by atoms with Crippen molar-refractivity contribution in [3.05, 3.63) is 229 Å². The molecule has 0 saturated heterocycles. The van der Waals surface area contributed by atoms with E-state index in [0.29, 0.717) is 6.67 Å². The molecule has 0 spiro atoms. The highest BCUT2D eigenvalue weighted by atomic mass is 16.5. The molecule has 402 valence electrons. The van der Waals surface area contributed by atoms with Crippen LogP contribution in [0, 0.1) is 0 Å². The van der Waals surface area contributed by atoms with Gasteiger partial charge in [0.15, 0.2) is 0 Å². The summed E-state index contributed by atoms with van der Waals surface area (Å²) in [6.45, 7) is 28.3. The van der Waals surface area contributed by atoms with E-state index in [1.165, 1.54) is 93.2 Å². The van der Waals surface area contributed by atoms with Crippen molar-refractivity contribution >= 4 is 76.5 Å². The Kier molecular flexibility index (Phi) is 12.1. The molecule has 5 nitrogen and oxygen atoms in total. The first-order valence-electron chi connectivity index (χ1n) is 28.8. The fourth-order valence-electron chi connectivity index (χ4n) is 12.3. The lowest BCUT2D eigenvalue weighted by Crippen LogP contribution is -2.16. The Labute approximate surface area is 477 Å². The van der Waals surface area contributed by atoms with Crippen LogP contribution in [0.5, 0.6) is 11.5 Å². The number of benzene rings is 9. The average Bonchev–Trinajstić information content (AvgIpc) is 4.26. The topological polar surface area (TPSA) is 35.2 Å². The smallest absolute Gasteiger partial charge is 0.137 e. The maximum atomic E-state index is 6.98. The molecule has 0 amide bonds. The van der Waals surface area contributed by atoms with Crippen LogP contribution in [0.3, 0.4) is 0 Å². The van der Waals surface area contributed by atoms with E-state index in [1.807, 2.05) is 6.20 Å². The van der Waals surface area contributed by atoms with E-state index in [-0.39, 0.29) is 21.7 Å². The van der Waals surface area contributed by atoms with E-state index in [1.54, 1.807) is 0 Å². The Morgan fingerprint density at radius 3 is 1.62 bits per heavy atom. The van der Waals surface area contributed by atoms with Crippen molar-refractivity contribution in [1.82, 2.24) is 14.1 Å². The molecule has 12 aromatic rings. The minimum Gasteiger partial charge on any atom is -0.457 e. The molecule has 0 N–H and O–H groups in total. The zero-order chi connectivity index (χ0) is 56.3. The van der Waals surface area contributed by atoms with Crippen molar-refractivity contribution in [3.8, 4) is 39.6 Å².